The fourth-order valence-electron chi connectivity index (χ4n) is 3.07. The maximum atomic E-state index is 12.4. The van der Waals surface area contributed by atoms with Crippen molar-refractivity contribution in [1.82, 2.24) is 9.80 Å². The molecular weight excluding hydrogens is 348 g/mol. The summed E-state index contributed by atoms with van der Waals surface area (Å²) in [5.41, 5.74) is 2.20. The number of hydrogen-bond donors (Lipinski definition) is 0. The monoisotopic (exact) mass is 372 g/mol. The van der Waals surface area contributed by atoms with Crippen molar-refractivity contribution in [3.05, 3.63) is 51.7 Å². The molecule has 1 aromatic carbocycles. The minimum atomic E-state index is -0.0321. The third-order valence-electron chi connectivity index (χ3n) is 4.57. The SMILES string of the molecule is Cc1ccc(OCC(=O)N2CCN(C(=O)Cc3cccs3)CC2)c(C)c1. The molecule has 0 saturated carbocycles. The lowest BCUT2D eigenvalue weighted by molar-refractivity contribution is -0.140. The Bertz CT molecular complexity index is 765. The van der Waals surface area contributed by atoms with Crippen LogP contribution >= 0.6 is 11.3 Å². The highest BCUT2D eigenvalue weighted by atomic mass is 32.1. The van der Waals surface area contributed by atoms with Gasteiger partial charge in [-0.05, 0) is 36.9 Å². The Kier molecular flexibility index (Phi) is 5.93. The van der Waals surface area contributed by atoms with E-state index < -0.39 is 0 Å². The van der Waals surface area contributed by atoms with E-state index in [2.05, 4.69) is 0 Å². The van der Waals surface area contributed by atoms with E-state index in [0.29, 0.717) is 32.6 Å². The molecule has 1 aliphatic rings. The van der Waals surface area contributed by atoms with Gasteiger partial charge in [0.15, 0.2) is 6.61 Å². The zero-order chi connectivity index (χ0) is 18.5. The van der Waals surface area contributed by atoms with Gasteiger partial charge in [0.2, 0.25) is 5.91 Å². The van der Waals surface area contributed by atoms with Gasteiger partial charge in [-0.3, -0.25) is 9.59 Å². The number of piperazine rings is 1. The van der Waals surface area contributed by atoms with Crippen molar-refractivity contribution in [3.8, 4) is 5.75 Å². The predicted octanol–water partition coefficient (Wildman–Crippen LogP) is 2.66. The summed E-state index contributed by atoms with van der Waals surface area (Å²) >= 11 is 1.60. The van der Waals surface area contributed by atoms with Gasteiger partial charge in [0.1, 0.15) is 5.75 Å². The lowest BCUT2D eigenvalue weighted by atomic mass is 10.1. The number of hydrogen-bond acceptors (Lipinski definition) is 4. The summed E-state index contributed by atoms with van der Waals surface area (Å²) in [6.45, 7) is 6.33. The second-order valence-corrected chi connectivity index (χ2v) is 7.61. The average Bonchev–Trinajstić information content (AvgIpc) is 3.14. The molecule has 5 nitrogen and oxygen atoms in total. The van der Waals surface area contributed by atoms with Crippen LogP contribution < -0.4 is 4.74 Å². The van der Waals surface area contributed by atoms with Gasteiger partial charge in [-0.15, -0.1) is 11.3 Å². The average molecular weight is 372 g/mol. The van der Waals surface area contributed by atoms with Crippen molar-refractivity contribution in [3.63, 3.8) is 0 Å². The van der Waals surface area contributed by atoms with E-state index in [0.717, 1.165) is 16.2 Å². The Labute approximate surface area is 158 Å². The van der Waals surface area contributed by atoms with Crippen LogP contribution in [0.4, 0.5) is 0 Å². The van der Waals surface area contributed by atoms with Gasteiger partial charge in [0.05, 0.1) is 6.42 Å². The highest BCUT2D eigenvalue weighted by Gasteiger charge is 2.24. The van der Waals surface area contributed by atoms with Crippen molar-refractivity contribution in [2.24, 2.45) is 0 Å². The fourth-order valence-corrected chi connectivity index (χ4v) is 3.77. The van der Waals surface area contributed by atoms with Crippen LogP contribution in [0.5, 0.6) is 5.75 Å². The number of rotatable bonds is 5. The third-order valence-corrected chi connectivity index (χ3v) is 5.45. The molecule has 1 fully saturated rings. The first-order valence-corrected chi connectivity index (χ1v) is 9.69. The maximum Gasteiger partial charge on any atom is 0.260 e. The molecule has 2 heterocycles. The molecular formula is C20H24N2O3S. The van der Waals surface area contributed by atoms with Crippen molar-refractivity contribution in [2.75, 3.05) is 32.8 Å². The van der Waals surface area contributed by atoms with Gasteiger partial charge in [-0.2, -0.15) is 0 Å². The molecule has 0 radical (unpaired) electrons. The Hall–Kier alpha value is -2.34. The van der Waals surface area contributed by atoms with Gasteiger partial charge in [-0.1, -0.05) is 23.8 Å². The molecule has 0 N–H and O–H groups in total. The molecule has 0 atom stereocenters. The molecule has 1 aromatic heterocycles. The summed E-state index contributed by atoms with van der Waals surface area (Å²) < 4.78 is 5.68. The summed E-state index contributed by atoms with van der Waals surface area (Å²) in [5.74, 6) is 0.843. The Morgan fingerprint density at radius 3 is 2.35 bits per heavy atom. The normalized spacial score (nSPS) is 14.4. The first kappa shape index (κ1) is 18.5. The van der Waals surface area contributed by atoms with E-state index in [9.17, 15) is 9.59 Å². The van der Waals surface area contributed by atoms with Crippen molar-refractivity contribution in [1.29, 1.82) is 0 Å². The first-order chi connectivity index (χ1) is 12.5. The van der Waals surface area contributed by atoms with E-state index in [-0.39, 0.29) is 18.4 Å². The highest BCUT2D eigenvalue weighted by Crippen LogP contribution is 2.19. The smallest absolute Gasteiger partial charge is 0.260 e. The lowest BCUT2D eigenvalue weighted by Gasteiger charge is -2.34. The Morgan fingerprint density at radius 1 is 1.04 bits per heavy atom. The Balaban J connectivity index is 1.45. The topological polar surface area (TPSA) is 49.9 Å². The summed E-state index contributed by atoms with van der Waals surface area (Å²) in [7, 11) is 0. The summed E-state index contributed by atoms with van der Waals surface area (Å²) in [5, 5.41) is 1.98. The predicted molar refractivity (Wildman–Crippen MR) is 103 cm³/mol. The van der Waals surface area contributed by atoms with Gasteiger partial charge in [-0.25, -0.2) is 0 Å². The van der Waals surface area contributed by atoms with E-state index in [4.69, 9.17) is 4.74 Å². The first-order valence-electron chi connectivity index (χ1n) is 8.81. The minimum Gasteiger partial charge on any atom is -0.484 e. The van der Waals surface area contributed by atoms with Crippen LogP contribution in [0.3, 0.4) is 0 Å². The van der Waals surface area contributed by atoms with Crippen molar-refractivity contribution in [2.45, 2.75) is 20.3 Å². The number of ether oxygens (including phenoxy) is 1. The number of aryl methyl sites for hydroxylation is 2. The number of thiophene rings is 1. The number of benzene rings is 1. The number of carbonyl (C=O) groups is 2. The van der Waals surface area contributed by atoms with Crippen molar-refractivity contribution < 1.29 is 14.3 Å². The number of nitrogens with zero attached hydrogens (tertiary/aromatic N) is 2. The van der Waals surface area contributed by atoms with Crippen LogP contribution in [0.15, 0.2) is 35.7 Å². The molecule has 1 aliphatic heterocycles. The van der Waals surface area contributed by atoms with Crippen LogP contribution in [-0.4, -0.2) is 54.4 Å². The standard InChI is InChI=1S/C20H24N2O3S/c1-15-5-6-18(16(2)12-15)25-14-20(24)22-9-7-21(8-10-22)19(23)13-17-4-3-11-26-17/h3-6,11-12H,7-10,13-14H2,1-2H3. The molecule has 1 saturated heterocycles. The van der Waals surface area contributed by atoms with Crippen LogP contribution in [0.2, 0.25) is 0 Å². The van der Waals surface area contributed by atoms with Crippen LogP contribution in [0.25, 0.3) is 0 Å². The molecule has 0 spiro atoms. The Morgan fingerprint density at radius 2 is 1.73 bits per heavy atom. The largest absolute Gasteiger partial charge is 0.484 e. The van der Waals surface area contributed by atoms with E-state index in [1.165, 1.54) is 5.56 Å². The van der Waals surface area contributed by atoms with Crippen LogP contribution in [0.1, 0.15) is 16.0 Å². The van der Waals surface area contributed by atoms with Crippen LogP contribution in [0, 0.1) is 13.8 Å². The molecule has 26 heavy (non-hydrogen) atoms. The molecule has 138 valence electrons. The number of carbonyl (C=O) groups excluding carboxylic acids is 2. The molecule has 0 unspecified atom stereocenters. The van der Waals surface area contributed by atoms with Crippen molar-refractivity contribution >= 4 is 23.2 Å². The number of amides is 2. The summed E-state index contributed by atoms with van der Waals surface area (Å²) in [6.07, 6.45) is 0.446. The molecule has 0 aliphatic carbocycles. The minimum absolute atomic E-state index is 0.0321. The lowest BCUT2D eigenvalue weighted by Crippen LogP contribution is -2.51. The molecule has 3 rings (SSSR count). The van der Waals surface area contributed by atoms with E-state index >= 15 is 0 Å². The zero-order valence-corrected chi connectivity index (χ0v) is 16.1. The summed E-state index contributed by atoms with van der Waals surface area (Å²) in [4.78, 5) is 29.4. The van der Waals surface area contributed by atoms with Gasteiger partial charge < -0.3 is 14.5 Å². The second kappa shape index (κ2) is 8.36. The quantitative estimate of drug-likeness (QED) is 0.811. The molecule has 2 amide bonds. The van der Waals surface area contributed by atoms with Crippen LogP contribution in [-0.2, 0) is 16.0 Å². The van der Waals surface area contributed by atoms with Gasteiger partial charge in [0, 0.05) is 31.1 Å². The van der Waals surface area contributed by atoms with E-state index in [1.54, 1.807) is 16.2 Å². The fraction of sp³-hybridized carbons (Fsp3) is 0.400. The maximum absolute atomic E-state index is 12.4. The second-order valence-electron chi connectivity index (χ2n) is 6.58. The molecule has 0 bridgehead atoms. The zero-order valence-electron chi connectivity index (χ0n) is 15.2. The van der Waals surface area contributed by atoms with E-state index in [1.807, 2.05) is 54.5 Å². The highest BCUT2D eigenvalue weighted by molar-refractivity contribution is 7.10. The van der Waals surface area contributed by atoms with Gasteiger partial charge in [0.25, 0.3) is 5.91 Å². The third kappa shape index (κ3) is 4.64. The molecule has 6 heteroatoms. The summed E-state index contributed by atoms with van der Waals surface area (Å²) in [6, 6.07) is 9.86. The molecule has 2 aromatic rings. The van der Waals surface area contributed by atoms with Gasteiger partial charge >= 0.3 is 0 Å².